The van der Waals surface area contributed by atoms with Gasteiger partial charge in [0, 0.05) is 19.6 Å². The van der Waals surface area contributed by atoms with E-state index in [-0.39, 0.29) is 43.2 Å². The first-order chi connectivity index (χ1) is 14.6. The van der Waals surface area contributed by atoms with Crippen LogP contribution >= 0.6 is 0 Å². The number of halogens is 3. The Balaban J connectivity index is 1.66. The number of likely N-dealkylation sites (tertiary alicyclic amines) is 1. The van der Waals surface area contributed by atoms with E-state index in [1.807, 2.05) is 0 Å². The molecule has 31 heavy (non-hydrogen) atoms. The monoisotopic (exact) mass is 447 g/mol. The largest absolute Gasteiger partial charge is 0.471 e. The van der Waals surface area contributed by atoms with Crippen molar-refractivity contribution in [2.24, 2.45) is 17.8 Å². The molecule has 9 nitrogen and oxygen atoms in total. The van der Waals surface area contributed by atoms with E-state index in [0.717, 1.165) is 19.3 Å². The minimum atomic E-state index is -5.09. The van der Waals surface area contributed by atoms with Gasteiger partial charge in [0.05, 0.1) is 5.92 Å². The summed E-state index contributed by atoms with van der Waals surface area (Å²) >= 11 is 0. The highest BCUT2D eigenvalue weighted by atomic mass is 19.4. The van der Waals surface area contributed by atoms with E-state index in [2.05, 4.69) is 16.2 Å². The molecule has 5 atom stereocenters. The fraction of sp³-hybridized carbons (Fsp3) is 0.789. The van der Waals surface area contributed by atoms with Gasteiger partial charge in [0.25, 0.3) is 5.91 Å². The van der Waals surface area contributed by atoms with Crippen LogP contribution in [0.3, 0.4) is 0 Å². The third-order valence-electron chi connectivity index (χ3n) is 6.43. The lowest BCUT2D eigenvalue weighted by Crippen LogP contribution is -2.57. The van der Waals surface area contributed by atoms with Crippen LogP contribution in [0, 0.1) is 17.8 Å². The van der Waals surface area contributed by atoms with Crippen LogP contribution in [0.25, 0.3) is 0 Å². The maximum atomic E-state index is 13.0. The molecule has 1 aliphatic carbocycles. The first-order valence-electron chi connectivity index (χ1n) is 10.6. The molecule has 1 saturated carbocycles. The fourth-order valence-electron chi connectivity index (χ4n) is 4.82. The Morgan fingerprint density at radius 3 is 2.58 bits per heavy atom. The Hall–Kier alpha value is -2.37. The number of alkyl halides is 3. The van der Waals surface area contributed by atoms with Crippen LogP contribution in [0.15, 0.2) is 0 Å². The molecule has 4 N–H and O–H groups in total. The highest BCUT2D eigenvalue weighted by Crippen LogP contribution is 2.42. The van der Waals surface area contributed by atoms with Crippen molar-refractivity contribution in [2.45, 2.75) is 57.3 Å². The molecule has 2 heterocycles. The second kappa shape index (κ2) is 9.41. The van der Waals surface area contributed by atoms with Crippen LogP contribution in [0.2, 0.25) is 0 Å². The molecule has 4 amide bonds. The lowest BCUT2D eigenvalue weighted by Gasteiger charge is -2.30. The number of nitrogens with one attached hydrogen (secondary N) is 4. The van der Waals surface area contributed by atoms with E-state index in [1.165, 1.54) is 11.8 Å². The van der Waals surface area contributed by atoms with Gasteiger partial charge in [-0.25, -0.2) is 5.43 Å². The Morgan fingerprint density at radius 1 is 1.23 bits per heavy atom. The molecular weight excluding hydrogens is 419 g/mol. The second-order valence-electron chi connectivity index (χ2n) is 8.37. The van der Waals surface area contributed by atoms with E-state index >= 15 is 0 Å². The van der Waals surface area contributed by atoms with Gasteiger partial charge in [0.15, 0.2) is 0 Å². The highest BCUT2D eigenvalue weighted by Gasteiger charge is 2.51. The number of hydrogen-bond donors (Lipinski definition) is 4. The summed E-state index contributed by atoms with van der Waals surface area (Å²) in [6.07, 6.45) is -1.99. The highest BCUT2D eigenvalue weighted by molar-refractivity contribution is 5.93. The van der Waals surface area contributed by atoms with Crippen LogP contribution in [0.5, 0.6) is 0 Å². The van der Waals surface area contributed by atoms with E-state index in [9.17, 15) is 32.3 Å². The lowest BCUT2D eigenvalue weighted by molar-refractivity contribution is -0.175. The molecule has 174 valence electrons. The predicted molar refractivity (Wildman–Crippen MR) is 102 cm³/mol. The van der Waals surface area contributed by atoms with Crippen LogP contribution < -0.4 is 21.5 Å². The molecule has 1 unspecified atom stereocenters. The Morgan fingerprint density at radius 2 is 1.97 bits per heavy atom. The van der Waals surface area contributed by atoms with Gasteiger partial charge in [0.1, 0.15) is 12.1 Å². The maximum absolute atomic E-state index is 13.0. The van der Waals surface area contributed by atoms with Crippen LogP contribution in [0.1, 0.15) is 39.0 Å². The number of nitrogens with zero attached hydrogens (tertiary/aromatic N) is 1. The second-order valence-corrected chi connectivity index (χ2v) is 8.37. The van der Waals surface area contributed by atoms with Crippen molar-refractivity contribution in [3.05, 3.63) is 0 Å². The summed E-state index contributed by atoms with van der Waals surface area (Å²) in [6, 6.07) is -2.19. The summed E-state index contributed by atoms with van der Waals surface area (Å²) in [7, 11) is 0. The molecule has 3 aliphatic rings. The van der Waals surface area contributed by atoms with E-state index in [0.29, 0.717) is 13.0 Å². The fourth-order valence-corrected chi connectivity index (χ4v) is 4.82. The summed E-state index contributed by atoms with van der Waals surface area (Å²) in [5.74, 6) is -3.68. The smallest absolute Gasteiger partial charge is 0.356 e. The van der Waals surface area contributed by atoms with Crippen molar-refractivity contribution in [1.82, 2.24) is 26.4 Å². The zero-order valence-corrected chi connectivity index (χ0v) is 17.3. The Kier molecular flexibility index (Phi) is 7.07. The molecule has 0 aromatic carbocycles. The van der Waals surface area contributed by atoms with Crippen molar-refractivity contribution in [2.75, 3.05) is 19.6 Å². The predicted octanol–water partition coefficient (Wildman–Crippen LogP) is -0.172. The molecule has 12 heteroatoms. The van der Waals surface area contributed by atoms with Gasteiger partial charge in [0.2, 0.25) is 11.8 Å². The molecule has 0 bridgehead atoms. The van der Waals surface area contributed by atoms with Gasteiger partial charge < -0.3 is 15.5 Å². The van der Waals surface area contributed by atoms with Crippen molar-refractivity contribution in [1.29, 1.82) is 0 Å². The van der Waals surface area contributed by atoms with Crippen LogP contribution in [-0.2, 0) is 19.2 Å². The summed E-state index contributed by atoms with van der Waals surface area (Å²) < 4.78 is 37.9. The van der Waals surface area contributed by atoms with E-state index in [1.54, 1.807) is 5.32 Å². The summed E-state index contributed by atoms with van der Waals surface area (Å²) in [5.41, 5.74) is 5.31. The third-order valence-corrected chi connectivity index (χ3v) is 6.43. The average Bonchev–Trinajstić information content (AvgIpc) is 3.40. The number of amides is 4. The zero-order chi connectivity index (χ0) is 22.8. The summed E-state index contributed by atoms with van der Waals surface area (Å²) in [6.45, 7) is 2.59. The van der Waals surface area contributed by atoms with Crippen molar-refractivity contribution in [3.8, 4) is 0 Å². The van der Waals surface area contributed by atoms with Gasteiger partial charge in [-0.05, 0) is 37.5 Å². The molecule has 2 aliphatic heterocycles. The SMILES string of the molecule is CCC(NC(=O)C(F)(F)F)C(=O)N1C[C@@H]2CCC[C@@H]2[C@H]1C(=O)NNC[C@@H]1CCNC1=O. The lowest BCUT2D eigenvalue weighted by atomic mass is 9.93. The first-order valence-corrected chi connectivity index (χ1v) is 10.6. The molecule has 3 fully saturated rings. The van der Waals surface area contributed by atoms with E-state index in [4.69, 9.17) is 0 Å². The first kappa shape index (κ1) is 23.3. The number of hydrazine groups is 1. The number of carbonyl (C=O) groups is 4. The third kappa shape index (κ3) is 5.10. The molecule has 0 radical (unpaired) electrons. The van der Waals surface area contributed by atoms with Gasteiger partial charge in [-0.3, -0.25) is 24.6 Å². The van der Waals surface area contributed by atoms with Gasteiger partial charge in [-0.15, -0.1) is 0 Å². The molecule has 2 saturated heterocycles. The minimum Gasteiger partial charge on any atom is -0.356 e. The number of fused-ring (bicyclic) bond motifs is 1. The van der Waals surface area contributed by atoms with Crippen LogP contribution in [-0.4, -0.2) is 66.4 Å². The number of rotatable bonds is 7. The van der Waals surface area contributed by atoms with Crippen molar-refractivity contribution < 1.29 is 32.3 Å². The minimum absolute atomic E-state index is 0.0319. The average molecular weight is 447 g/mol. The zero-order valence-electron chi connectivity index (χ0n) is 17.3. The number of carbonyl (C=O) groups excluding carboxylic acids is 4. The van der Waals surface area contributed by atoms with E-state index < -0.39 is 36.0 Å². The topological polar surface area (TPSA) is 120 Å². The summed E-state index contributed by atoms with van der Waals surface area (Å²) in [5, 5.41) is 4.45. The molecule has 0 aromatic heterocycles. The quantitative estimate of drug-likeness (QED) is 0.404. The standard InChI is InChI=1S/C19H28F3N5O4/c1-2-13(25-18(31)19(20,21)22)17(30)27-9-11-4-3-5-12(11)14(27)16(29)26-24-8-10-6-7-23-15(10)28/h10-14,24H,2-9H2,1H3,(H,23,28)(H,25,31)(H,26,29)/t10-,11-,12-,13?,14-/m0/s1. The molecular formula is C19H28F3N5O4. The Labute approximate surface area is 177 Å². The molecule has 0 spiro atoms. The van der Waals surface area contributed by atoms with Crippen molar-refractivity contribution in [3.63, 3.8) is 0 Å². The van der Waals surface area contributed by atoms with Crippen LogP contribution in [0.4, 0.5) is 13.2 Å². The molecule has 0 aromatic rings. The van der Waals surface area contributed by atoms with Crippen molar-refractivity contribution >= 4 is 23.6 Å². The normalized spacial score (nSPS) is 28.8. The van der Waals surface area contributed by atoms with Gasteiger partial charge in [-0.2, -0.15) is 13.2 Å². The maximum Gasteiger partial charge on any atom is 0.471 e. The molecule has 3 rings (SSSR count). The van der Waals surface area contributed by atoms with Gasteiger partial charge in [-0.1, -0.05) is 13.3 Å². The number of hydrogen-bond acceptors (Lipinski definition) is 5. The van der Waals surface area contributed by atoms with Gasteiger partial charge >= 0.3 is 12.1 Å². The Bertz CT molecular complexity index is 732. The summed E-state index contributed by atoms with van der Waals surface area (Å²) in [4.78, 5) is 50.2.